The summed E-state index contributed by atoms with van der Waals surface area (Å²) < 4.78 is 1.29. The molecule has 0 radical (unpaired) electrons. The summed E-state index contributed by atoms with van der Waals surface area (Å²) in [5.41, 5.74) is 0. The molecule has 2 rings (SSSR count). The van der Waals surface area contributed by atoms with Gasteiger partial charge in [-0.1, -0.05) is 18.2 Å². The van der Waals surface area contributed by atoms with Gasteiger partial charge in [0.2, 0.25) is 5.91 Å². The zero-order valence-corrected chi connectivity index (χ0v) is 12.4. The molecule has 0 saturated carbocycles. The first-order chi connectivity index (χ1) is 9.06. The highest BCUT2D eigenvalue weighted by Gasteiger charge is 2.11. The normalized spacial score (nSPS) is 12.8. The van der Waals surface area contributed by atoms with Crippen molar-refractivity contribution < 1.29 is 4.79 Å². The first-order valence-corrected chi connectivity index (χ1v) is 7.39. The number of carbonyl (C=O) groups is 1. The Kier molecular flexibility index (Phi) is 4.56. The Morgan fingerprint density at radius 1 is 1.26 bits per heavy atom. The van der Waals surface area contributed by atoms with E-state index in [1.165, 1.54) is 15.0 Å². The Hall–Kier alpha value is -1.39. The van der Waals surface area contributed by atoms with E-state index in [4.69, 9.17) is 0 Å². The fourth-order valence-electron chi connectivity index (χ4n) is 1.94. The zero-order valence-electron chi connectivity index (χ0n) is 11.6. The van der Waals surface area contributed by atoms with Gasteiger partial charge in [-0.2, -0.15) is 0 Å². The first kappa shape index (κ1) is 14.0. The van der Waals surface area contributed by atoms with Gasteiger partial charge in [0.25, 0.3) is 0 Å². The number of fused-ring (bicyclic) bond motifs is 1. The summed E-state index contributed by atoms with van der Waals surface area (Å²) >= 11 is 1.78. The standard InChI is InChI=1S/C15H20N2OS/c1-10(2)17-15(18)9-16-11(3)14-8-12-6-4-5-7-13(12)19-14/h4-8,10-11,16H,9H2,1-3H3,(H,17,18). The Balaban J connectivity index is 1.96. The first-order valence-electron chi connectivity index (χ1n) is 6.57. The highest BCUT2D eigenvalue weighted by molar-refractivity contribution is 7.19. The van der Waals surface area contributed by atoms with E-state index in [0.29, 0.717) is 6.54 Å². The SMILES string of the molecule is CC(C)NC(=O)CNC(C)c1cc2ccccc2s1. The lowest BCUT2D eigenvalue weighted by Crippen LogP contribution is -2.38. The van der Waals surface area contributed by atoms with Crippen molar-refractivity contribution in [2.24, 2.45) is 0 Å². The Morgan fingerprint density at radius 3 is 2.68 bits per heavy atom. The van der Waals surface area contributed by atoms with E-state index in [2.05, 4.69) is 41.8 Å². The Labute approximate surface area is 118 Å². The maximum absolute atomic E-state index is 11.6. The van der Waals surface area contributed by atoms with Gasteiger partial charge >= 0.3 is 0 Å². The topological polar surface area (TPSA) is 41.1 Å². The summed E-state index contributed by atoms with van der Waals surface area (Å²) in [6.07, 6.45) is 0. The van der Waals surface area contributed by atoms with Crippen LogP contribution in [0.4, 0.5) is 0 Å². The van der Waals surface area contributed by atoms with Crippen LogP contribution in [0, 0.1) is 0 Å². The highest BCUT2D eigenvalue weighted by atomic mass is 32.1. The fraction of sp³-hybridized carbons (Fsp3) is 0.400. The van der Waals surface area contributed by atoms with E-state index in [0.717, 1.165) is 0 Å². The molecular formula is C15H20N2OS. The molecule has 0 spiro atoms. The van der Waals surface area contributed by atoms with E-state index < -0.39 is 0 Å². The number of rotatable bonds is 5. The third kappa shape index (κ3) is 3.78. The number of thiophene rings is 1. The molecule has 1 amide bonds. The molecule has 1 atom stereocenters. The molecule has 1 heterocycles. The zero-order chi connectivity index (χ0) is 13.8. The molecule has 2 N–H and O–H groups in total. The van der Waals surface area contributed by atoms with Crippen LogP contribution >= 0.6 is 11.3 Å². The third-order valence-electron chi connectivity index (χ3n) is 2.89. The van der Waals surface area contributed by atoms with Gasteiger partial charge in [0.15, 0.2) is 0 Å². The molecule has 3 nitrogen and oxygen atoms in total. The Bertz CT molecular complexity index is 529. The van der Waals surface area contributed by atoms with Gasteiger partial charge in [0.05, 0.1) is 6.54 Å². The van der Waals surface area contributed by atoms with E-state index in [-0.39, 0.29) is 18.0 Å². The molecule has 19 heavy (non-hydrogen) atoms. The molecule has 2 aromatic rings. The van der Waals surface area contributed by atoms with Crippen molar-refractivity contribution in [1.82, 2.24) is 10.6 Å². The van der Waals surface area contributed by atoms with Crippen LogP contribution in [0.3, 0.4) is 0 Å². The van der Waals surface area contributed by atoms with Crippen molar-refractivity contribution in [3.63, 3.8) is 0 Å². The lowest BCUT2D eigenvalue weighted by atomic mass is 10.2. The predicted molar refractivity (Wildman–Crippen MR) is 81.5 cm³/mol. The monoisotopic (exact) mass is 276 g/mol. The molecule has 1 unspecified atom stereocenters. The maximum Gasteiger partial charge on any atom is 0.234 e. The summed E-state index contributed by atoms with van der Waals surface area (Å²) in [7, 11) is 0. The van der Waals surface area contributed by atoms with Crippen molar-refractivity contribution in [3.05, 3.63) is 35.2 Å². The average molecular weight is 276 g/mol. The second-order valence-electron chi connectivity index (χ2n) is 5.01. The highest BCUT2D eigenvalue weighted by Crippen LogP contribution is 2.29. The number of hydrogen-bond acceptors (Lipinski definition) is 3. The van der Waals surface area contributed by atoms with E-state index in [1.807, 2.05) is 19.9 Å². The molecule has 0 bridgehead atoms. The van der Waals surface area contributed by atoms with Crippen LogP contribution in [0.15, 0.2) is 30.3 Å². The van der Waals surface area contributed by atoms with Gasteiger partial charge in [0.1, 0.15) is 0 Å². The number of amides is 1. The number of benzene rings is 1. The molecule has 102 valence electrons. The van der Waals surface area contributed by atoms with Crippen LogP contribution in [0.2, 0.25) is 0 Å². The minimum Gasteiger partial charge on any atom is -0.353 e. The summed E-state index contributed by atoms with van der Waals surface area (Å²) in [6, 6.07) is 10.9. The van der Waals surface area contributed by atoms with E-state index in [9.17, 15) is 4.79 Å². The van der Waals surface area contributed by atoms with Gasteiger partial charge < -0.3 is 10.6 Å². The van der Waals surface area contributed by atoms with Crippen molar-refractivity contribution in [2.45, 2.75) is 32.9 Å². The van der Waals surface area contributed by atoms with Gasteiger partial charge in [0, 0.05) is 21.7 Å². The molecule has 0 saturated heterocycles. The molecule has 1 aromatic carbocycles. The summed E-state index contributed by atoms with van der Waals surface area (Å²) in [5, 5.41) is 7.41. The predicted octanol–water partition coefficient (Wildman–Crippen LogP) is 3.08. The quantitative estimate of drug-likeness (QED) is 0.881. The second kappa shape index (κ2) is 6.17. The van der Waals surface area contributed by atoms with Gasteiger partial charge in [-0.25, -0.2) is 0 Å². The van der Waals surface area contributed by atoms with Gasteiger partial charge in [-0.3, -0.25) is 4.79 Å². The fourth-order valence-corrected chi connectivity index (χ4v) is 3.03. The van der Waals surface area contributed by atoms with Crippen LogP contribution in [-0.2, 0) is 4.79 Å². The molecule has 1 aromatic heterocycles. The molecule has 0 aliphatic rings. The minimum atomic E-state index is 0.0444. The summed E-state index contributed by atoms with van der Waals surface area (Å²) in [4.78, 5) is 12.9. The van der Waals surface area contributed by atoms with E-state index in [1.54, 1.807) is 11.3 Å². The van der Waals surface area contributed by atoms with Gasteiger partial charge in [-0.05, 0) is 38.3 Å². The number of carbonyl (C=O) groups excluding carboxylic acids is 1. The molecule has 0 fully saturated rings. The van der Waals surface area contributed by atoms with Crippen LogP contribution in [-0.4, -0.2) is 18.5 Å². The molecule has 4 heteroatoms. The van der Waals surface area contributed by atoms with Crippen LogP contribution < -0.4 is 10.6 Å². The third-order valence-corrected chi connectivity index (χ3v) is 4.19. The van der Waals surface area contributed by atoms with Crippen LogP contribution in [0.5, 0.6) is 0 Å². The Morgan fingerprint density at radius 2 is 2.00 bits per heavy atom. The van der Waals surface area contributed by atoms with Gasteiger partial charge in [-0.15, -0.1) is 11.3 Å². The molecule has 0 aliphatic heterocycles. The van der Waals surface area contributed by atoms with Crippen LogP contribution in [0.1, 0.15) is 31.7 Å². The second-order valence-corrected chi connectivity index (χ2v) is 6.13. The smallest absolute Gasteiger partial charge is 0.234 e. The number of nitrogens with one attached hydrogen (secondary N) is 2. The van der Waals surface area contributed by atoms with E-state index >= 15 is 0 Å². The number of hydrogen-bond donors (Lipinski definition) is 2. The average Bonchev–Trinajstić information content (AvgIpc) is 2.78. The summed E-state index contributed by atoms with van der Waals surface area (Å²) in [5.74, 6) is 0.0444. The summed E-state index contributed by atoms with van der Waals surface area (Å²) in [6.45, 7) is 6.38. The van der Waals surface area contributed by atoms with Crippen molar-refractivity contribution in [1.29, 1.82) is 0 Å². The van der Waals surface area contributed by atoms with Crippen LogP contribution in [0.25, 0.3) is 10.1 Å². The van der Waals surface area contributed by atoms with Crippen molar-refractivity contribution in [3.8, 4) is 0 Å². The minimum absolute atomic E-state index is 0.0444. The van der Waals surface area contributed by atoms with Crippen molar-refractivity contribution >= 4 is 27.3 Å². The molecule has 0 aliphatic carbocycles. The maximum atomic E-state index is 11.6. The van der Waals surface area contributed by atoms with Crippen molar-refractivity contribution in [2.75, 3.05) is 6.54 Å². The lowest BCUT2D eigenvalue weighted by molar-refractivity contribution is -0.120. The lowest BCUT2D eigenvalue weighted by Gasteiger charge is -2.13. The molecular weight excluding hydrogens is 256 g/mol. The largest absolute Gasteiger partial charge is 0.353 e.